The molecular formula is C66H49BBrF9I2KN23O5. The average Bonchev–Trinajstić information content (AvgIpc) is 1.65. The number of aromatic nitrogens is 18. The van der Waals surface area contributed by atoms with E-state index in [-0.39, 0.29) is 116 Å². The van der Waals surface area contributed by atoms with Gasteiger partial charge in [-0.25, -0.2) is 58.0 Å². The minimum Gasteiger partial charge on any atom is -1.00 e. The van der Waals surface area contributed by atoms with Gasteiger partial charge in [0.15, 0.2) is 0 Å². The molecule has 28 nitrogen and oxygen atoms in total. The molecule has 15 aromatic rings. The van der Waals surface area contributed by atoms with Gasteiger partial charge in [-0.15, -0.1) is 30.6 Å². The Hall–Kier alpha value is -9.68. The van der Waals surface area contributed by atoms with E-state index in [1.807, 2.05) is 68.5 Å². The SMILES string of the molecule is CC1(C)OB(c2ccc(N)cc2F)OC1(C)C.FC(F)c1nnc(-c2cnc(Nc3cc(Br)c4nc[nH]c4c3)nc2)o1.Fc1cc(I)ccc1-c1cc(Nc2ncc(-c3nnc(C(F)F)o3)cn2)cc2[nH]cnc12.Nc1ccc(-c2cc(Nc3ncc(-c4nnc(C(F)F)o4)cn3)cc3[nH]cnc23)c(F)c1.[I-].[K+]. The maximum atomic E-state index is 14.6. The number of halogens is 12. The van der Waals surface area contributed by atoms with Gasteiger partial charge in [0.05, 0.1) is 74.5 Å². The molecule has 10 heterocycles. The molecule has 10 N–H and O–H groups in total. The number of imidazole rings is 3. The third-order valence-corrected chi connectivity index (χ3v) is 17.2. The largest absolute Gasteiger partial charge is 1.00 e. The monoisotopic (exact) mass is 1800 g/mol. The van der Waals surface area contributed by atoms with Crippen LogP contribution in [0.2, 0.25) is 0 Å². The van der Waals surface area contributed by atoms with Crippen molar-refractivity contribution in [3.63, 3.8) is 0 Å². The van der Waals surface area contributed by atoms with Gasteiger partial charge in [0.1, 0.15) is 23.0 Å². The van der Waals surface area contributed by atoms with E-state index in [4.69, 9.17) is 34.0 Å². The number of fused-ring (bicyclic) bond motifs is 3. The van der Waals surface area contributed by atoms with Crippen LogP contribution in [0, 0.1) is 21.0 Å². The molecule has 0 amide bonds. The van der Waals surface area contributed by atoms with Crippen LogP contribution >= 0.6 is 38.5 Å². The Morgan fingerprint density at radius 2 is 0.796 bits per heavy atom. The number of nitrogens with zero attached hydrogens (tertiary/aromatic N) is 15. The zero-order valence-electron chi connectivity index (χ0n) is 56.1. The molecule has 108 heavy (non-hydrogen) atoms. The number of benzene rings is 6. The van der Waals surface area contributed by atoms with Crippen LogP contribution in [-0.4, -0.2) is 109 Å². The molecule has 1 saturated heterocycles. The first-order valence-electron chi connectivity index (χ1n) is 30.9. The van der Waals surface area contributed by atoms with E-state index in [0.717, 1.165) is 24.8 Å². The minimum absolute atomic E-state index is 0. The van der Waals surface area contributed by atoms with Crippen molar-refractivity contribution < 1.29 is 137 Å². The number of nitrogens with one attached hydrogen (secondary N) is 6. The summed E-state index contributed by atoms with van der Waals surface area (Å²) in [5, 5.41) is 29.6. The summed E-state index contributed by atoms with van der Waals surface area (Å²) in [6.45, 7) is 7.73. The molecule has 9 aromatic heterocycles. The standard InChI is InChI=1S/C20H11F3IN7O.C20H13F3N8O.C14H8BrF2N7O.C12H17BFNO2.HI.K/c2*21-14-3-10(24)1-2-12(14)13-4-11(5-15-16(13)28-8-27-15)29-20-25-6-9(7-26-20)18-30-31-19(32-18)17(22)23;15-8-1-7(2-9-10(8)21-5-20-9)22-14-18-3-6(4-19-14)12-23-24-13(25-12)11(16)17;1-11(2)12(3,4)17-13(16-11)9-6-5-8(15)7-10(9)14;;/h1-8,17H,(H,27,28)(H,25,26,29);1-8,17H,24H2,(H,27,28)(H,25,26,29);1-5,11H,(H,20,21)(H,18,19,22);5-7H,15H2,1-4H3;1H;/q;;;;;+1/p-1. The van der Waals surface area contributed by atoms with Gasteiger partial charge >= 0.3 is 77.8 Å². The summed E-state index contributed by atoms with van der Waals surface area (Å²) in [7, 11) is -0.680. The van der Waals surface area contributed by atoms with Crippen molar-refractivity contribution in [2.24, 2.45) is 0 Å². The Balaban J connectivity index is 0.000000146. The first-order valence-corrected chi connectivity index (χ1v) is 32.8. The molecule has 0 spiro atoms. The number of nitrogen functional groups attached to an aromatic ring is 2. The summed E-state index contributed by atoms with van der Waals surface area (Å²) in [6, 6.07) is 24.6. The summed E-state index contributed by atoms with van der Waals surface area (Å²) in [4.78, 5) is 46.7. The number of hydrogen-bond acceptors (Lipinski definition) is 25. The second-order valence-corrected chi connectivity index (χ2v) is 25.7. The normalized spacial score (nSPS) is 12.8. The Morgan fingerprint density at radius 1 is 0.444 bits per heavy atom. The van der Waals surface area contributed by atoms with Crippen molar-refractivity contribution in [2.45, 2.75) is 58.2 Å². The minimum atomic E-state index is -2.87. The van der Waals surface area contributed by atoms with Crippen LogP contribution in [0.5, 0.6) is 0 Å². The van der Waals surface area contributed by atoms with Gasteiger partial charge < -0.3 is 88.9 Å². The van der Waals surface area contributed by atoms with Gasteiger partial charge in [0.25, 0.3) is 35.3 Å². The van der Waals surface area contributed by atoms with E-state index in [0.29, 0.717) is 89.6 Å². The summed E-state index contributed by atoms with van der Waals surface area (Å²) < 4.78 is 146. The van der Waals surface area contributed by atoms with Crippen LogP contribution in [0.1, 0.15) is 64.6 Å². The fourth-order valence-electron chi connectivity index (χ4n) is 10.1. The van der Waals surface area contributed by atoms with E-state index in [1.54, 1.807) is 60.9 Å². The van der Waals surface area contributed by atoms with E-state index in [9.17, 15) is 39.5 Å². The van der Waals surface area contributed by atoms with Gasteiger partial charge in [-0.1, -0.05) is 12.1 Å². The summed E-state index contributed by atoms with van der Waals surface area (Å²) in [5.41, 5.74) is 20.3. The number of H-pyrrole nitrogens is 3. The van der Waals surface area contributed by atoms with E-state index in [1.165, 1.54) is 68.0 Å². The Kier molecular flexibility index (Phi) is 24.9. The van der Waals surface area contributed by atoms with Gasteiger partial charge in [-0.05, 0) is 145 Å². The van der Waals surface area contributed by atoms with Gasteiger partial charge in [-0.2, -0.15) is 26.3 Å². The van der Waals surface area contributed by atoms with Crippen LogP contribution in [0.3, 0.4) is 0 Å². The van der Waals surface area contributed by atoms with Crippen molar-refractivity contribution >= 4 is 130 Å². The van der Waals surface area contributed by atoms with Crippen molar-refractivity contribution in [2.75, 3.05) is 27.4 Å². The van der Waals surface area contributed by atoms with Gasteiger partial charge in [-0.3, -0.25) is 0 Å². The van der Waals surface area contributed by atoms with Crippen LogP contribution in [-0.2, 0) is 9.31 Å². The Labute approximate surface area is 684 Å². The summed E-state index contributed by atoms with van der Waals surface area (Å²) >= 11 is 5.49. The number of anilines is 8. The van der Waals surface area contributed by atoms with Crippen LogP contribution in [0.25, 0.3) is 89.7 Å². The Bertz CT molecular complexity index is 5420. The second kappa shape index (κ2) is 33.9. The molecule has 42 heteroatoms. The predicted octanol–water partition coefficient (Wildman–Crippen LogP) is 9.53. The van der Waals surface area contributed by atoms with Crippen molar-refractivity contribution in [1.29, 1.82) is 0 Å². The van der Waals surface area contributed by atoms with E-state index >= 15 is 0 Å². The first kappa shape index (κ1) is 79.4. The zero-order valence-corrected chi connectivity index (χ0v) is 65.1. The maximum Gasteiger partial charge on any atom is 1.00 e. The number of hydrogen-bond donors (Lipinski definition) is 8. The quantitative estimate of drug-likeness (QED) is 0.0205. The molecule has 0 unspecified atom stereocenters. The third kappa shape index (κ3) is 18.2. The van der Waals surface area contributed by atoms with Crippen LogP contribution in [0.15, 0.2) is 165 Å². The average molecular weight is 1800 g/mol. The van der Waals surface area contributed by atoms with E-state index in [2.05, 4.69) is 122 Å². The molecule has 0 radical (unpaired) electrons. The molecule has 1 aliphatic rings. The topological polar surface area (TPSA) is 387 Å². The number of rotatable bonds is 15. The molecular weight excluding hydrogens is 1750 g/mol. The summed E-state index contributed by atoms with van der Waals surface area (Å²) in [5.74, 6) is -3.06. The van der Waals surface area contributed by atoms with Gasteiger partial charge in [0.2, 0.25) is 17.8 Å². The van der Waals surface area contributed by atoms with Crippen LogP contribution in [0.4, 0.5) is 85.8 Å². The second-order valence-electron chi connectivity index (χ2n) is 23.6. The molecule has 0 aliphatic carbocycles. The van der Waals surface area contributed by atoms with Crippen molar-refractivity contribution in [1.82, 2.24) is 90.4 Å². The molecule has 6 aromatic carbocycles. The third-order valence-electron chi connectivity index (χ3n) is 15.9. The molecule has 0 bridgehead atoms. The summed E-state index contributed by atoms with van der Waals surface area (Å²) in [6.07, 6.45) is 4.35. The van der Waals surface area contributed by atoms with Crippen LogP contribution < -0.4 is 108 Å². The molecule has 1 aliphatic heterocycles. The van der Waals surface area contributed by atoms with Gasteiger partial charge in [0, 0.05) is 101 Å². The fourth-order valence-corrected chi connectivity index (χ4v) is 11.1. The molecule has 1 fully saturated rings. The maximum absolute atomic E-state index is 14.6. The first-order chi connectivity index (χ1) is 50.8. The Morgan fingerprint density at radius 3 is 1.17 bits per heavy atom. The zero-order chi connectivity index (χ0) is 74.7. The number of aromatic amines is 3. The molecule has 0 saturated carbocycles. The smallest absolute Gasteiger partial charge is 1.00 e. The number of nitrogens with two attached hydrogens (primary N) is 2. The van der Waals surface area contributed by atoms with Crippen molar-refractivity contribution in [3.8, 4) is 56.6 Å². The van der Waals surface area contributed by atoms with Crippen molar-refractivity contribution in [3.05, 3.63) is 190 Å². The molecule has 16 rings (SSSR count). The predicted molar refractivity (Wildman–Crippen MR) is 381 cm³/mol. The molecule has 546 valence electrons. The molecule has 0 atom stereocenters. The van der Waals surface area contributed by atoms with E-state index < -0.39 is 66.9 Å². The fraction of sp³-hybridized carbons (Fsp3) is 0.136. The number of alkyl halides is 6.